The summed E-state index contributed by atoms with van der Waals surface area (Å²) in [6.45, 7) is 7.98. The first-order valence-electron chi connectivity index (χ1n) is 6.38. The Morgan fingerprint density at radius 2 is 2.00 bits per heavy atom. The van der Waals surface area contributed by atoms with Gasteiger partial charge in [0.15, 0.2) is 0 Å². The zero-order valence-corrected chi connectivity index (χ0v) is 11.0. The summed E-state index contributed by atoms with van der Waals surface area (Å²) in [6, 6.07) is 0. The van der Waals surface area contributed by atoms with Gasteiger partial charge in [-0.15, -0.1) is 0 Å². The zero-order chi connectivity index (χ0) is 12.3. The van der Waals surface area contributed by atoms with Crippen molar-refractivity contribution in [3.63, 3.8) is 0 Å². The molecule has 1 aliphatic rings. The Bertz CT molecular complexity index is 214. The molecule has 0 aromatic heterocycles. The molecule has 0 N–H and O–H groups in total. The van der Waals surface area contributed by atoms with E-state index in [0.717, 1.165) is 25.9 Å². The maximum Gasteiger partial charge on any atom is 0.242 e. The van der Waals surface area contributed by atoms with Gasteiger partial charge in [-0.1, -0.05) is 20.8 Å². The van der Waals surface area contributed by atoms with E-state index in [2.05, 4.69) is 25.7 Å². The highest BCUT2D eigenvalue weighted by atomic mass is 19.3. The number of nitrogens with zero attached hydrogens (tertiary/aromatic N) is 1. The van der Waals surface area contributed by atoms with Gasteiger partial charge in [-0.2, -0.15) is 0 Å². The summed E-state index contributed by atoms with van der Waals surface area (Å²) < 4.78 is 26.3. The SMILES string of the molecule is CC[C@@]1(CC(C)C)CN(C)CC[C@@H]1C(F)F. The molecule has 0 radical (unpaired) electrons. The van der Waals surface area contributed by atoms with Gasteiger partial charge in [0.1, 0.15) is 0 Å². The Balaban J connectivity index is 2.87. The summed E-state index contributed by atoms with van der Waals surface area (Å²) in [5, 5.41) is 0. The van der Waals surface area contributed by atoms with E-state index in [9.17, 15) is 8.78 Å². The van der Waals surface area contributed by atoms with Crippen molar-refractivity contribution in [1.82, 2.24) is 4.90 Å². The third-order valence-electron chi connectivity index (χ3n) is 4.02. The summed E-state index contributed by atoms with van der Waals surface area (Å²) in [7, 11) is 2.05. The maximum absolute atomic E-state index is 13.2. The summed E-state index contributed by atoms with van der Waals surface area (Å²) in [6.07, 6.45) is 0.273. The second-order valence-corrected chi connectivity index (χ2v) is 5.78. The topological polar surface area (TPSA) is 3.24 Å². The molecule has 1 heterocycles. The van der Waals surface area contributed by atoms with Crippen LogP contribution in [0.2, 0.25) is 0 Å². The normalized spacial score (nSPS) is 32.6. The molecule has 0 aromatic carbocycles. The number of rotatable bonds is 4. The van der Waals surface area contributed by atoms with Crippen molar-refractivity contribution >= 4 is 0 Å². The van der Waals surface area contributed by atoms with Crippen LogP contribution in [-0.2, 0) is 0 Å². The van der Waals surface area contributed by atoms with Gasteiger partial charge < -0.3 is 4.90 Å². The Hall–Kier alpha value is -0.180. The first-order valence-corrected chi connectivity index (χ1v) is 6.38. The molecule has 1 nitrogen and oxygen atoms in total. The third kappa shape index (κ3) is 2.93. The van der Waals surface area contributed by atoms with Crippen molar-refractivity contribution in [2.24, 2.45) is 17.3 Å². The average molecular weight is 233 g/mol. The van der Waals surface area contributed by atoms with Crippen LogP contribution in [0.3, 0.4) is 0 Å². The smallest absolute Gasteiger partial charge is 0.242 e. The fourth-order valence-electron chi connectivity index (χ4n) is 3.34. The van der Waals surface area contributed by atoms with Gasteiger partial charge in [0.05, 0.1) is 0 Å². The lowest BCUT2D eigenvalue weighted by molar-refractivity contribution is -0.0685. The zero-order valence-electron chi connectivity index (χ0n) is 11.0. The van der Waals surface area contributed by atoms with Crippen LogP contribution in [0, 0.1) is 17.3 Å². The number of piperidine rings is 1. The standard InChI is InChI=1S/C13H25F2N/c1-5-13(8-10(2)3)9-16(4)7-6-11(13)12(14)15/h10-12H,5-9H2,1-4H3/t11-,13-/m1/s1. The second kappa shape index (κ2) is 5.44. The van der Waals surface area contributed by atoms with E-state index < -0.39 is 12.3 Å². The van der Waals surface area contributed by atoms with Crippen molar-refractivity contribution in [2.45, 2.75) is 46.5 Å². The largest absolute Gasteiger partial charge is 0.306 e. The van der Waals surface area contributed by atoms with Crippen molar-refractivity contribution in [3.8, 4) is 0 Å². The average Bonchev–Trinajstić information content (AvgIpc) is 2.16. The molecule has 0 bridgehead atoms. The number of hydrogen-bond donors (Lipinski definition) is 0. The quantitative estimate of drug-likeness (QED) is 0.716. The lowest BCUT2D eigenvalue weighted by Gasteiger charge is -2.48. The molecule has 3 heteroatoms. The molecule has 1 rings (SSSR count). The van der Waals surface area contributed by atoms with Crippen LogP contribution >= 0.6 is 0 Å². The Kier molecular flexibility index (Phi) is 4.72. The van der Waals surface area contributed by atoms with E-state index in [-0.39, 0.29) is 5.41 Å². The molecule has 0 spiro atoms. The number of hydrogen-bond acceptors (Lipinski definition) is 1. The molecule has 1 fully saturated rings. The van der Waals surface area contributed by atoms with Crippen LogP contribution in [0.4, 0.5) is 8.78 Å². The number of likely N-dealkylation sites (tertiary alicyclic amines) is 1. The van der Waals surface area contributed by atoms with Crippen molar-refractivity contribution < 1.29 is 8.78 Å². The maximum atomic E-state index is 13.2. The van der Waals surface area contributed by atoms with Crippen LogP contribution < -0.4 is 0 Å². The molecule has 0 aromatic rings. The highest BCUT2D eigenvalue weighted by Crippen LogP contribution is 2.46. The molecule has 16 heavy (non-hydrogen) atoms. The lowest BCUT2D eigenvalue weighted by atomic mass is 9.65. The molecule has 0 saturated carbocycles. The van der Waals surface area contributed by atoms with Crippen LogP contribution in [0.1, 0.15) is 40.0 Å². The first-order chi connectivity index (χ1) is 7.41. The fourth-order valence-corrected chi connectivity index (χ4v) is 3.34. The minimum Gasteiger partial charge on any atom is -0.306 e. The van der Waals surface area contributed by atoms with Crippen LogP contribution in [0.5, 0.6) is 0 Å². The summed E-state index contributed by atoms with van der Waals surface area (Å²) in [5.74, 6) is 0.0869. The summed E-state index contributed by atoms with van der Waals surface area (Å²) in [5.41, 5.74) is -0.171. The second-order valence-electron chi connectivity index (χ2n) is 5.78. The summed E-state index contributed by atoms with van der Waals surface area (Å²) >= 11 is 0. The molecule has 1 saturated heterocycles. The first kappa shape index (κ1) is 13.9. The molecule has 0 aliphatic carbocycles. The van der Waals surface area contributed by atoms with Gasteiger partial charge in [-0.3, -0.25) is 0 Å². The van der Waals surface area contributed by atoms with E-state index in [0.29, 0.717) is 12.3 Å². The van der Waals surface area contributed by atoms with E-state index >= 15 is 0 Å². The fraction of sp³-hybridized carbons (Fsp3) is 1.00. The van der Waals surface area contributed by atoms with Crippen LogP contribution in [0.15, 0.2) is 0 Å². The van der Waals surface area contributed by atoms with Crippen molar-refractivity contribution in [1.29, 1.82) is 0 Å². The molecule has 1 aliphatic heterocycles. The highest BCUT2D eigenvalue weighted by molar-refractivity contribution is 4.93. The van der Waals surface area contributed by atoms with Gasteiger partial charge in [0, 0.05) is 12.5 Å². The van der Waals surface area contributed by atoms with E-state index in [1.165, 1.54) is 0 Å². The van der Waals surface area contributed by atoms with Gasteiger partial charge in [0.2, 0.25) is 6.43 Å². The highest BCUT2D eigenvalue weighted by Gasteiger charge is 2.45. The molecule has 0 unspecified atom stereocenters. The van der Waals surface area contributed by atoms with E-state index in [1.54, 1.807) is 0 Å². The predicted molar refractivity (Wildman–Crippen MR) is 63.8 cm³/mol. The molecule has 96 valence electrons. The Morgan fingerprint density at radius 3 is 2.44 bits per heavy atom. The molecular weight excluding hydrogens is 208 g/mol. The van der Waals surface area contributed by atoms with Crippen molar-refractivity contribution in [2.75, 3.05) is 20.1 Å². The molecular formula is C13H25F2N. The van der Waals surface area contributed by atoms with Gasteiger partial charge in [-0.05, 0) is 44.2 Å². The van der Waals surface area contributed by atoms with E-state index in [1.807, 2.05) is 7.05 Å². The number of halogens is 2. The summed E-state index contributed by atoms with van der Waals surface area (Å²) in [4.78, 5) is 2.21. The minimum atomic E-state index is -2.16. The van der Waals surface area contributed by atoms with Crippen molar-refractivity contribution in [3.05, 3.63) is 0 Å². The monoisotopic (exact) mass is 233 g/mol. The Morgan fingerprint density at radius 1 is 1.38 bits per heavy atom. The predicted octanol–water partition coefficient (Wildman–Crippen LogP) is 3.65. The Labute approximate surface area is 98.2 Å². The third-order valence-corrected chi connectivity index (χ3v) is 4.02. The van der Waals surface area contributed by atoms with Gasteiger partial charge >= 0.3 is 0 Å². The molecule has 0 amide bonds. The number of alkyl halides is 2. The van der Waals surface area contributed by atoms with Crippen LogP contribution in [0.25, 0.3) is 0 Å². The molecule has 2 atom stereocenters. The minimum absolute atomic E-state index is 0.171. The van der Waals surface area contributed by atoms with Gasteiger partial charge in [-0.25, -0.2) is 8.78 Å². The lowest BCUT2D eigenvalue weighted by Crippen LogP contribution is -2.50. The van der Waals surface area contributed by atoms with E-state index in [4.69, 9.17) is 0 Å². The van der Waals surface area contributed by atoms with Gasteiger partial charge in [0.25, 0.3) is 0 Å². The van der Waals surface area contributed by atoms with Crippen LogP contribution in [-0.4, -0.2) is 31.5 Å².